The summed E-state index contributed by atoms with van der Waals surface area (Å²) in [5, 5.41) is 5.03. The van der Waals surface area contributed by atoms with E-state index in [0.717, 1.165) is 34.7 Å². The maximum Gasteiger partial charge on any atom is 0.0568 e. The number of halogens is 1. The Balaban J connectivity index is 2.32. The smallest absolute Gasteiger partial charge is 0.0568 e. The van der Waals surface area contributed by atoms with Crippen molar-refractivity contribution in [1.29, 1.82) is 0 Å². The average molecular weight is 250 g/mol. The summed E-state index contributed by atoms with van der Waals surface area (Å²) in [5.41, 5.74) is 8.67. The van der Waals surface area contributed by atoms with Crippen LogP contribution in [0.1, 0.15) is 18.9 Å². The summed E-state index contributed by atoms with van der Waals surface area (Å²) in [6, 6.07) is 5.91. The van der Waals surface area contributed by atoms with Crippen LogP contribution in [0.5, 0.6) is 0 Å². The van der Waals surface area contributed by atoms with E-state index in [2.05, 4.69) is 12.0 Å². The van der Waals surface area contributed by atoms with Crippen molar-refractivity contribution >= 4 is 11.6 Å². The maximum atomic E-state index is 6.24. The zero-order valence-corrected chi connectivity index (χ0v) is 10.6. The van der Waals surface area contributed by atoms with Crippen molar-refractivity contribution in [1.82, 2.24) is 9.78 Å². The van der Waals surface area contributed by atoms with Gasteiger partial charge < -0.3 is 5.73 Å². The first-order chi connectivity index (χ1) is 8.24. The highest BCUT2D eigenvalue weighted by molar-refractivity contribution is 6.33. The molecule has 2 rings (SSSR count). The van der Waals surface area contributed by atoms with E-state index in [4.69, 9.17) is 17.3 Å². The van der Waals surface area contributed by atoms with Crippen LogP contribution in [0.25, 0.3) is 11.1 Å². The summed E-state index contributed by atoms with van der Waals surface area (Å²) < 4.78 is 1.93. The molecule has 0 aliphatic carbocycles. The topological polar surface area (TPSA) is 43.8 Å². The lowest BCUT2D eigenvalue weighted by Crippen LogP contribution is -1.96. The Morgan fingerprint density at radius 1 is 1.41 bits per heavy atom. The van der Waals surface area contributed by atoms with Crippen molar-refractivity contribution in [2.45, 2.75) is 26.4 Å². The van der Waals surface area contributed by atoms with Crippen LogP contribution >= 0.6 is 11.6 Å². The zero-order chi connectivity index (χ0) is 12.3. The molecule has 0 radical (unpaired) electrons. The predicted molar refractivity (Wildman–Crippen MR) is 70.9 cm³/mol. The standard InChI is InChI=1S/C13H16ClN3/c1-2-5-17-9-11(8-16-17)12-4-3-10(7-15)6-13(12)14/h3-4,6,8-9H,2,5,7,15H2,1H3. The van der Waals surface area contributed by atoms with Gasteiger partial charge in [0.1, 0.15) is 0 Å². The summed E-state index contributed by atoms with van der Waals surface area (Å²) in [5.74, 6) is 0. The first-order valence-corrected chi connectivity index (χ1v) is 6.13. The van der Waals surface area contributed by atoms with E-state index in [0.29, 0.717) is 6.54 Å². The van der Waals surface area contributed by atoms with E-state index in [1.807, 2.05) is 35.3 Å². The Labute approximate surface area is 106 Å². The lowest BCUT2D eigenvalue weighted by atomic mass is 10.1. The molecule has 0 atom stereocenters. The van der Waals surface area contributed by atoms with Gasteiger partial charge in [0.25, 0.3) is 0 Å². The molecule has 90 valence electrons. The first-order valence-electron chi connectivity index (χ1n) is 5.76. The number of rotatable bonds is 4. The Morgan fingerprint density at radius 2 is 2.24 bits per heavy atom. The lowest BCUT2D eigenvalue weighted by Gasteiger charge is -2.03. The molecular formula is C13H16ClN3. The van der Waals surface area contributed by atoms with Crippen LogP contribution in [0.2, 0.25) is 5.02 Å². The third kappa shape index (κ3) is 2.68. The Bertz CT molecular complexity index is 505. The van der Waals surface area contributed by atoms with Gasteiger partial charge in [0, 0.05) is 35.4 Å². The number of hydrogen-bond acceptors (Lipinski definition) is 2. The monoisotopic (exact) mass is 249 g/mol. The van der Waals surface area contributed by atoms with E-state index >= 15 is 0 Å². The maximum absolute atomic E-state index is 6.24. The van der Waals surface area contributed by atoms with Crippen LogP contribution in [0, 0.1) is 0 Å². The summed E-state index contributed by atoms with van der Waals surface area (Å²) >= 11 is 6.24. The molecule has 3 nitrogen and oxygen atoms in total. The molecule has 0 saturated carbocycles. The molecule has 0 bridgehead atoms. The van der Waals surface area contributed by atoms with Gasteiger partial charge >= 0.3 is 0 Å². The third-order valence-corrected chi connectivity index (χ3v) is 2.98. The van der Waals surface area contributed by atoms with Crippen LogP contribution in [-0.4, -0.2) is 9.78 Å². The summed E-state index contributed by atoms with van der Waals surface area (Å²) in [6.07, 6.45) is 4.94. The quantitative estimate of drug-likeness (QED) is 0.905. The molecule has 17 heavy (non-hydrogen) atoms. The molecule has 2 aromatic rings. The summed E-state index contributed by atoms with van der Waals surface area (Å²) in [6.45, 7) is 3.57. The van der Waals surface area contributed by atoms with Crippen LogP contribution in [0.15, 0.2) is 30.6 Å². The van der Waals surface area contributed by atoms with Gasteiger partial charge in [0.2, 0.25) is 0 Å². The van der Waals surface area contributed by atoms with E-state index in [1.54, 1.807) is 0 Å². The number of aryl methyl sites for hydroxylation is 1. The fourth-order valence-electron chi connectivity index (χ4n) is 1.77. The predicted octanol–water partition coefficient (Wildman–Crippen LogP) is 3.07. The van der Waals surface area contributed by atoms with Crippen LogP contribution in [0.4, 0.5) is 0 Å². The number of hydrogen-bond donors (Lipinski definition) is 1. The van der Waals surface area contributed by atoms with Crippen LogP contribution in [0.3, 0.4) is 0 Å². The fraction of sp³-hybridized carbons (Fsp3) is 0.308. The highest BCUT2D eigenvalue weighted by Gasteiger charge is 2.06. The van der Waals surface area contributed by atoms with Crippen LogP contribution < -0.4 is 5.73 Å². The minimum atomic E-state index is 0.509. The molecule has 0 saturated heterocycles. The molecule has 1 heterocycles. The molecular weight excluding hydrogens is 234 g/mol. The van der Waals surface area contributed by atoms with Crippen molar-refractivity contribution < 1.29 is 0 Å². The first kappa shape index (κ1) is 12.1. The van der Waals surface area contributed by atoms with Crippen LogP contribution in [-0.2, 0) is 13.1 Å². The van der Waals surface area contributed by atoms with Gasteiger partial charge in [-0.3, -0.25) is 4.68 Å². The van der Waals surface area contributed by atoms with E-state index in [-0.39, 0.29) is 0 Å². The molecule has 0 spiro atoms. The van der Waals surface area contributed by atoms with Gasteiger partial charge in [-0.1, -0.05) is 30.7 Å². The second-order valence-electron chi connectivity index (χ2n) is 4.01. The van der Waals surface area contributed by atoms with E-state index in [1.165, 1.54) is 0 Å². The molecule has 0 aliphatic rings. The zero-order valence-electron chi connectivity index (χ0n) is 9.86. The van der Waals surface area contributed by atoms with Gasteiger partial charge in [-0.2, -0.15) is 5.10 Å². The average Bonchev–Trinajstić information content (AvgIpc) is 2.78. The lowest BCUT2D eigenvalue weighted by molar-refractivity contribution is 0.603. The molecule has 0 fully saturated rings. The van der Waals surface area contributed by atoms with Crippen molar-refractivity contribution in [3.63, 3.8) is 0 Å². The van der Waals surface area contributed by atoms with Gasteiger partial charge in [0.15, 0.2) is 0 Å². The van der Waals surface area contributed by atoms with E-state index < -0.39 is 0 Å². The Hall–Kier alpha value is -1.32. The van der Waals surface area contributed by atoms with E-state index in [9.17, 15) is 0 Å². The largest absolute Gasteiger partial charge is 0.326 e. The van der Waals surface area contributed by atoms with Crippen molar-refractivity contribution in [2.75, 3.05) is 0 Å². The number of nitrogens with two attached hydrogens (primary N) is 1. The SMILES string of the molecule is CCCn1cc(-c2ccc(CN)cc2Cl)cn1. The molecule has 0 unspecified atom stereocenters. The second kappa shape index (κ2) is 5.34. The molecule has 1 aromatic heterocycles. The Morgan fingerprint density at radius 3 is 2.88 bits per heavy atom. The highest BCUT2D eigenvalue weighted by Crippen LogP contribution is 2.28. The second-order valence-corrected chi connectivity index (χ2v) is 4.42. The van der Waals surface area contributed by atoms with Gasteiger partial charge in [0.05, 0.1) is 6.20 Å². The highest BCUT2D eigenvalue weighted by atomic mass is 35.5. The van der Waals surface area contributed by atoms with Gasteiger partial charge in [-0.15, -0.1) is 0 Å². The van der Waals surface area contributed by atoms with Crippen molar-refractivity contribution in [3.05, 3.63) is 41.2 Å². The van der Waals surface area contributed by atoms with Gasteiger partial charge in [-0.25, -0.2) is 0 Å². The van der Waals surface area contributed by atoms with Crippen molar-refractivity contribution in [2.24, 2.45) is 5.73 Å². The number of benzene rings is 1. The molecule has 0 amide bonds. The molecule has 0 aliphatic heterocycles. The summed E-state index contributed by atoms with van der Waals surface area (Å²) in [7, 11) is 0. The molecule has 1 aromatic carbocycles. The molecule has 4 heteroatoms. The minimum absolute atomic E-state index is 0.509. The number of nitrogens with zero attached hydrogens (tertiary/aromatic N) is 2. The van der Waals surface area contributed by atoms with Gasteiger partial charge in [-0.05, 0) is 18.1 Å². The van der Waals surface area contributed by atoms with Crippen molar-refractivity contribution in [3.8, 4) is 11.1 Å². The third-order valence-electron chi connectivity index (χ3n) is 2.67. The number of aromatic nitrogens is 2. The fourth-order valence-corrected chi connectivity index (χ4v) is 2.09. The molecule has 2 N–H and O–H groups in total. The normalized spacial score (nSPS) is 10.8. The summed E-state index contributed by atoms with van der Waals surface area (Å²) in [4.78, 5) is 0. The minimum Gasteiger partial charge on any atom is -0.326 e. The Kier molecular flexibility index (Phi) is 3.82.